The van der Waals surface area contributed by atoms with E-state index in [9.17, 15) is 0 Å². The first-order valence-corrected chi connectivity index (χ1v) is 7.63. The van der Waals surface area contributed by atoms with Crippen LogP contribution < -0.4 is 5.73 Å². The molecule has 1 aliphatic carbocycles. The third-order valence-corrected chi connectivity index (χ3v) is 4.82. The first-order chi connectivity index (χ1) is 9.18. The van der Waals surface area contributed by atoms with Crippen LogP contribution in [-0.4, -0.2) is 18.5 Å². The zero-order valence-corrected chi connectivity index (χ0v) is 12.1. The number of rotatable bonds is 5. The normalized spacial score (nSPS) is 16.7. The van der Waals surface area contributed by atoms with Gasteiger partial charge in [0, 0.05) is 29.1 Å². The summed E-state index contributed by atoms with van der Waals surface area (Å²) in [5.41, 5.74) is 8.45. The third-order valence-electron chi connectivity index (χ3n) is 3.96. The van der Waals surface area contributed by atoms with Crippen molar-refractivity contribution in [2.24, 2.45) is 0 Å². The van der Waals surface area contributed by atoms with Crippen LogP contribution in [0.1, 0.15) is 23.3 Å². The van der Waals surface area contributed by atoms with Gasteiger partial charge in [-0.15, -0.1) is 11.3 Å². The summed E-state index contributed by atoms with van der Waals surface area (Å²) in [6.07, 6.45) is 2.59. The second kappa shape index (κ2) is 4.99. The van der Waals surface area contributed by atoms with Crippen molar-refractivity contribution in [1.82, 2.24) is 4.90 Å². The van der Waals surface area contributed by atoms with Crippen LogP contribution in [0.3, 0.4) is 0 Å². The highest BCUT2D eigenvalue weighted by molar-refractivity contribution is 7.09. The molecule has 0 atom stereocenters. The van der Waals surface area contributed by atoms with Crippen LogP contribution in [0.15, 0.2) is 41.8 Å². The second-order valence-corrected chi connectivity index (χ2v) is 6.69. The van der Waals surface area contributed by atoms with Crippen LogP contribution in [0.25, 0.3) is 0 Å². The van der Waals surface area contributed by atoms with Crippen molar-refractivity contribution in [3.05, 3.63) is 52.2 Å². The molecule has 19 heavy (non-hydrogen) atoms. The standard InChI is InChI=1S/C16H20N2S/c1-18(11-15-3-2-10-19-15)12-16(8-9-16)13-4-6-14(17)7-5-13/h2-7,10H,8-9,11-12,17H2,1H3. The number of anilines is 1. The molecule has 0 aliphatic heterocycles. The summed E-state index contributed by atoms with van der Waals surface area (Å²) in [4.78, 5) is 3.88. The smallest absolute Gasteiger partial charge is 0.0325 e. The largest absolute Gasteiger partial charge is 0.399 e. The first-order valence-electron chi connectivity index (χ1n) is 6.75. The Balaban J connectivity index is 1.67. The van der Waals surface area contributed by atoms with Crippen molar-refractivity contribution in [2.75, 3.05) is 19.3 Å². The first kappa shape index (κ1) is 12.7. The SMILES string of the molecule is CN(Cc1cccs1)CC1(c2ccc(N)cc2)CC1. The molecule has 1 saturated carbocycles. The minimum absolute atomic E-state index is 0.375. The number of benzene rings is 1. The second-order valence-electron chi connectivity index (χ2n) is 5.65. The summed E-state index contributed by atoms with van der Waals surface area (Å²) in [5.74, 6) is 0. The lowest BCUT2D eigenvalue weighted by Crippen LogP contribution is -2.28. The van der Waals surface area contributed by atoms with Gasteiger partial charge in [0.1, 0.15) is 0 Å². The number of nitrogen functional groups attached to an aromatic ring is 1. The van der Waals surface area contributed by atoms with E-state index in [4.69, 9.17) is 5.73 Å². The molecule has 0 unspecified atom stereocenters. The van der Waals surface area contributed by atoms with Crippen molar-refractivity contribution in [2.45, 2.75) is 24.8 Å². The zero-order chi connectivity index (χ0) is 13.3. The minimum atomic E-state index is 0.375. The summed E-state index contributed by atoms with van der Waals surface area (Å²) in [7, 11) is 2.22. The maximum absolute atomic E-state index is 5.77. The molecule has 1 aromatic heterocycles. The quantitative estimate of drug-likeness (QED) is 0.844. The molecule has 1 fully saturated rings. The van der Waals surface area contributed by atoms with E-state index in [-0.39, 0.29) is 0 Å². The highest BCUT2D eigenvalue weighted by Crippen LogP contribution is 2.48. The van der Waals surface area contributed by atoms with E-state index in [2.05, 4.69) is 41.6 Å². The van der Waals surface area contributed by atoms with E-state index in [1.165, 1.54) is 23.3 Å². The Hall–Kier alpha value is -1.32. The Morgan fingerprint density at radius 2 is 1.95 bits per heavy atom. The van der Waals surface area contributed by atoms with Gasteiger partial charge >= 0.3 is 0 Å². The van der Waals surface area contributed by atoms with E-state index < -0.39 is 0 Å². The molecule has 0 spiro atoms. The summed E-state index contributed by atoms with van der Waals surface area (Å²) < 4.78 is 0. The Labute approximate surface area is 118 Å². The molecule has 2 aromatic rings. The molecule has 3 rings (SSSR count). The molecular weight excluding hydrogens is 252 g/mol. The molecule has 2 N–H and O–H groups in total. The molecule has 1 heterocycles. The Morgan fingerprint density at radius 3 is 2.53 bits per heavy atom. The van der Waals surface area contributed by atoms with E-state index in [1.807, 2.05) is 23.5 Å². The Morgan fingerprint density at radius 1 is 1.21 bits per heavy atom. The topological polar surface area (TPSA) is 29.3 Å². The van der Waals surface area contributed by atoms with Gasteiger partial charge in [-0.2, -0.15) is 0 Å². The van der Waals surface area contributed by atoms with E-state index in [0.29, 0.717) is 5.41 Å². The average Bonchev–Trinajstić information content (AvgIpc) is 2.98. The van der Waals surface area contributed by atoms with Gasteiger partial charge in [-0.25, -0.2) is 0 Å². The van der Waals surface area contributed by atoms with E-state index in [0.717, 1.165) is 18.8 Å². The van der Waals surface area contributed by atoms with Crippen molar-refractivity contribution >= 4 is 17.0 Å². The number of thiophene rings is 1. The van der Waals surface area contributed by atoms with Gasteiger partial charge in [0.05, 0.1) is 0 Å². The van der Waals surface area contributed by atoms with Crippen molar-refractivity contribution in [3.8, 4) is 0 Å². The summed E-state index contributed by atoms with van der Waals surface area (Å²) in [6, 6.07) is 12.8. The molecule has 2 nitrogen and oxygen atoms in total. The van der Waals surface area contributed by atoms with Gasteiger partial charge in [0.15, 0.2) is 0 Å². The summed E-state index contributed by atoms with van der Waals surface area (Å²) in [6.45, 7) is 2.18. The minimum Gasteiger partial charge on any atom is -0.399 e. The maximum atomic E-state index is 5.77. The van der Waals surface area contributed by atoms with E-state index >= 15 is 0 Å². The highest BCUT2D eigenvalue weighted by atomic mass is 32.1. The van der Waals surface area contributed by atoms with Gasteiger partial charge in [0.2, 0.25) is 0 Å². The van der Waals surface area contributed by atoms with Gasteiger partial charge in [-0.05, 0) is 49.0 Å². The maximum Gasteiger partial charge on any atom is 0.0325 e. The monoisotopic (exact) mass is 272 g/mol. The molecular formula is C16H20N2S. The predicted octanol–water partition coefficient (Wildman–Crippen LogP) is 3.49. The Kier molecular flexibility index (Phi) is 3.33. The fraction of sp³-hybridized carbons (Fsp3) is 0.375. The van der Waals surface area contributed by atoms with Gasteiger partial charge in [-0.3, -0.25) is 0 Å². The molecule has 0 bridgehead atoms. The Bertz CT molecular complexity index is 526. The van der Waals surface area contributed by atoms with Crippen LogP contribution in [0.4, 0.5) is 5.69 Å². The number of hydrogen-bond donors (Lipinski definition) is 1. The molecule has 3 heteroatoms. The van der Waals surface area contributed by atoms with Crippen LogP contribution in [0, 0.1) is 0 Å². The lowest BCUT2D eigenvalue weighted by molar-refractivity contribution is 0.297. The predicted molar refractivity (Wildman–Crippen MR) is 82.4 cm³/mol. The van der Waals surface area contributed by atoms with Crippen molar-refractivity contribution < 1.29 is 0 Å². The summed E-state index contributed by atoms with van der Waals surface area (Å²) >= 11 is 1.84. The van der Waals surface area contributed by atoms with Crippen LogP contribution >= 0.6 is 11.3 Å². The molecule has 0 saturated heterocycles. The fourth-order valence-corrected chi connectivity index (χ4v) is 3.55. The fourth-order valence-electron chi connectivity index (χ4n) is 2.77. The molecule has 1 aliphatic rings. The number of nitrogens with two attached hydrogens (primary N) is 1. The lowest BCUT2D eigenvalue weighted by atomic mass is 9.95. The molecule has 0 radical (unpaired) electrons. The number of nitrogens with zero attached hydrogens (tertiary/aromatic N) is 1. The lowest BCUT2D eigenvalue weighted by Gasteiger charge is -2.23. The molecule has 0 amide bonds. The third kappa shape index (κ3) is 2.82. The highest BCUT2D eigenvalue weighted by Gasteiger charge is 2.44. The summed E-state index contributed by atoms with van der Waals surface area (Å²) in [5, 5.41) is 2.15. The van der Waals surface area contributed by atoms with Crippen LogP contribution in [0.2, 0.25) is 0 Å². The zero-order valence-electron chi connectivity index (χ0n) is 11.3. The van der Waals surface area contributed by atoms with Crippen molar-refractivity contribution in [1.29, 1.82) is 0 Å². The number of likely N-dealkylation sites (N-methyl/N-ethyl adjacent to an activating group) is 1. The average molecular weight is 272 g/mol. The van der Waals surface area contributed by atoms with Crippen LogP contribution in [0.5, 0.6) is 0 Å². The van der Waals surface area contributed by atoms with Crippen LogP contribution in [-0.2, 0) is 12.0 Å². The van der Waals surface area contributed by atoms with E-state index in [1.54, 1.807) is 0 Å². The molecule has 100 valence electrons. The van der Waals surface area contributed by atoms with Crippen molar-refractivity contribution in [3.63, 3.8) is 0 Å². The van der Waals surface area contributed by atoms with Gasteiger partial charge in [0.25, 0.3) is 0 Å². The number of hydrogen-bond acceptors (Lipinski definition) is 3. The molecule has 1 aromatic carbocycles. The van der Waals surface area contributed by atoms with Gasteiger partial charge < -0.3 is 10.6 Å². The van der Waals surface area contributed by atoms with Gasteiger partial charge in [-0.1, -0.05) is 18.2 Å².